The number of carbonyl (C=O) groups excluding carboxylic acids is 2. The first kappa shape index (κ1) is 25.4. The molecular weight excluding hydrogens is 495 g/mol. The Morgan fingerprint density at radius 1 is 1.14 bits per heavy atom. The van der Waals surface area contributed by atoms with Gasteiger partial charge in [-0.05, 0) is 37.5 Å². The lowest BCUT2D eigenvalue weighted by Gasteiger charge is -2.34. The van der Waals surface area contributed by atoms with Crippen molar-refractivity contribution in [3.05, 3.63) is 82.5 Å². The third kappa shape index (κ3) is 5.25. The summed E-state index contributed by atoms with van der Waals surface area (Å²) >= 11 is 1.40. The first-order chi connectivity index (χ1) is 17.2. The van der Waals surface area contributed by atoms with Crippen LogP contribution in [0.2, 0.25) is 0 Å². The average Bonchev–Trinajstić information content (AvgIpc) is 3.30. The van der Waals surface area contributed by atoms with Crippen molar-refractivity contribution in [1.82, 2.24) is 4.90 Å². The quantitative estimate of drug-likeness (QED) is 0.490. The number of fused-ring (bicyclic) bond motifs is 1. The van der Waals surface area contributed by atoms with Crippen molar-refractivity contribution < 1.29 is 32.2 Å². The van der Waals surface area contributed by atoms with Gasteiger partial charge in [0.15, 0.2) is 11.8 Å². The lowest BCUT2D eigenvalue weighted by molar-refractivity contribution is -0.139. The lowest BCUT2D eigenvalue weighted by atomic mass is 9.94. The summed E-state index contributed by atoms with van der Waals surface area (Å²) in [5, 5.41) is 4.77. The fourth-order valence-electron chi connectivity index (χ4n) is 3.88. The molecule has 0 spiro atoms. The Morgan fingerprint density at radius 3 is 2.61 bits per heavy atom. The molecule has 2 aliphatic rings. The lowest BCUT2D eigenvalue weighted by Crippen LogP contribution is -2.34. The molecule has 2 heterocycles. The van der Waals surface area contributed by atoms with Crippen LogP contribution in [0.5, 0.6) is 5.75 Å². The number of esters is 1. The van der Waals surface area contributed by atoms with Crippen LogP contribution in [0.1, 0.15) is 31.0 Å². The second-order valence-corrected chi connectivity index (χ2v) is 8.62. The van der Waals surface area contributed by atoms with Crippen LogP contribution in [0.4, 0.5) is 18.9 Å². The third-order valence-corrected chi connectivity index (χ3v) is 6.17. The van der Waals surface area contributed by atoms with Crippen LogP contribution in [0.3, 0.4) is 0 Å². The van der Waals surface area contributed by atoms with E-state index in [1.54, 1.807) is 44.3 Å². The molecule has 1 atom stereocenters. The molecule has 0 aliphatic carbocycles. The summed E-state index contributed by atoms with van der Waals surface area (Å²) in [4.78, 5) is 31.7. The topological polar surface area (TPSA) is 80.2 Å². The van der Waals surface area contributed by atoms with E-state index in [9.17, 15) is 22.8 Å². The van der Waals surface area contributed by atoms with Crippen LogP contribution in [0, 0.1) is 0 Å². The molecule has 1 amide bonds. The minimum absolute atomic E-state index is 0.182. The van der Waals surface area contributed by atoms with Gasteiger partial charge in [0.1, 0.15) is 5.75 Å². The number of benzene rings is 2. The highest BCUT2D eigenvalue weighted by molar-refractivity contribution is 8.16. The number of amides is 1. The summed E-state index contributed by atoms with van der Waals surface area (Å²) in [6, 6.07) is 10.9. The molecule has 1 N–H and O–H groups in total. The molecule has 0 aromatic heterocycles. The molecule has 0 fully saturated rings. The van der Waals surface area contributed by atoms with Crippen LogP contribution in [0.15, 0.2) is 76.4 Å². The van der Waals surface area contributed by atoms with Gasteiger partial charge in [-0.1, -0.05) is 42.1 Å². The number of alkyl halides is 3. The van der Waals surface area contributed by atoms with E-state index in [0.29, 0.717) is 27.8 Å². The van der Waals surface area contributed by atoms with Crippen LogP contribution in [-0.4, -0.2) is 35.2 Å². The van der Waals surface area contributed by atoms with Crippen molar-refractivity contribution in [2.45, 2.75) is 26.1 Å². The molecule has 11 heteroatoms. The van der Waals surface area contributed by atoms with Gasteiger partial charge in [-0.3, -0.25) is 4.79 Å². The number of hydrogen-bond acceptors (Lipinski definition) is 7. The molecular formula is C25H22F3N3O4S. The zero-order valence-corrected chi connectivity index (χ0v) is 20.2. The highest BCUT2D eigenvalue weighted by Crippen LogP contribution is 2.43. The Hall–Kier alpha value is -3.73. The van der Waals surface area contributed by atoms with E-state index in [1.165, 1.54) is 30.0 Å². The zero-order chi connectivity index (χ0) is 25.9. The van der Waals surface area contributed by atoms with Crippen molar-refractivity contribution in [2.75, 3.05) is 18.5 Å². The number of anilines is 1. The number of nitrogens with one attached hydrogen (secondary N) is 1. The third-order valence-electron chi connectivity index (χ3n) is 5.39. The summed E-state index contributed by atoms with van der Waals surface area (Å²) in [7, 11) is 0. The molecule has 0 bridgehead atoms. The number of carbonyl (C=O) groups is 2. The highest BCUT2D eigenvalue weighted by atomic mass is 32.2. The van der Waals surface area contributed by atoms with Gasteiger partial charge in [-0.15, -0.1) is 0 Å². The fraction of sp³-hybridized carbons (Fsp3) is 0.240. The Balaban J connectivity index is 1.59. The number of halogens is 3. The van der Waals surface area contributed by atoms with Crippen LogP contribution in [-0.2, 0) is 20.5 Å². The number of nitrogens with zero attached hydrogens (tertiary/aromatic N) is 2. The van der Waals surface area contributed by atoms with Gasteiger partial charge in [-0.2, -0.15) is 13.2 Å². The van der Waals surface area contributed by atoms with Crippen LogP contribution >= 0.6 is 11.8 Å². The summed E-state index contributed by atoms with van der Waals surface area (Å²) in [6.45, 7) is 3.07. The highest BCUT2D eigenvalue weighted by Gasteiger charge is 2.39. The molecule has 0 saturated carbocycles. The van der Waals surface area contributed by atoms with Crippen molar-refractivity contribution in [1.29, 1.82) is 0 Å². The molecule has 2 aliphatic heterocycles. The smallest absolute Gasteiger partial charge is 0.418 e. The van der Waals surface area contributed by atoms with E-state index in [4.69, 9.17) is 9.47 Å². The van der Waals surface area contributed by atoms with E-state index >= 15 is 0 Å². The number of aliphatic imine (C=N–C) groups is 1. The van der Waals surface area contributed by atoms with E-state index in [-0.39, 0.29) is 12.3 Å². The van der Waals surface area contributed by atoms with Gasteiger partial charge >= 0.3 is 12.1 Å². The number of allylic oxidation sites excluding steroid dienone is 1. The molecule has 2 aromatic rings. The summed E-state index contributed by atoms with van der Waals surface area (Å²) in [5.74, 6) is -0.992. The van der Waals surface area contributed by atoms with Gasteiger partial charge in [0.2, 0.25) is 0 Å². The minimum atomic E-state index is -4.62. The number of hydrogen-bond donors (Lipinski definition) is 1. The Bertz CT molecular complexity index is 1270. The van der Waals surface area contributed by atoms with Gasteiger partial charge < -0.3 is 19.7 Å². The predicted octanol–water partition coefficient (Wildman–Crippen LogP) is 5.49. The summed E-state index contributed by atoms with van der Waals surface area (Å²) < 4.78 is 50.8. The maximum absolute atomic E-state index is 13.3. The van der Waals surface area contributed by atoms with Crippen LogP contribution < -0.4 is 10.1 Å². The SMILES string of the molecule is CCOC(=O)C1=C(C)N=C2SC=CN2[C@@H]1c1ccccc1OCC(=O)Nc1ccccc1C(F)(F)F. The average molecular weight is 518 g/mol. The Morgan fingerprint density at radius 2 is 1.86 bits per heavy atom. The standard InChI is InChI=1S/C25H22F3N3O4S/c1-3-34-23(33)21-15(2)29-24-31(12-13-36-24)22(21)16-8-4-7-11-19(16)35-14-20(32)30-18-10-6-5-9-17(18)25(26,27)28/h4-13,22H,3,14H2,1-2H3,(H,30,32)/t22-/m1/s1. The first-order valence-electron chi connectivity index (χ1n) is 11.0. The van der Waals surface area contributed by atoms with Crippen molar-refractivity contribution in [2.24, 2.45) is 4.99 Å². The number of amidine groups is 1. The minimum Gasteiger partial charge on any atom is -0.483 e. The second kappa shape index (κ2) is 10.5. The van der Waals surface area contributed by atoms with Crippen LogP contribution in [0.25, 0.3) is 0 Å². The summed E-state index contributed by atoms with van der Waals surface area (Å²) in [6.07, 6.45) is -2.83. The molecule has 0 radical (unpaired) electrons. The number of para-hydroxylation sites is 2. The molecule has 4 rings (SSSR count). The molecule has 188 valence electrons. The Labute approximate surface area is 209 Å². The monoisotopic (exact) mass is 517 g/mol. The van der Waals surface area contributed by atoms with E-state index in [2.05, 4.69) is 10.3 Å². The van der Waals surface area contributed by atoms with Gasteiger partial charge in [-0.25, -0.2) is 9.79 Å². The van der Waals surface area contributed by atoms with Gasteiger partial charge in [0, 0.05) is 11.8 Å². The van der Waals surface area contributed by atoms with Gasteiger partial charge in [0.25, 0.3) is 5.91 Å². The summed E-state index contributed by atoms with van der Waals surface area (Å²) in [5.41, 5.74) is 0.0840. The van der Waals surface area contributed by atoms with E-state index in [0.717, 1.165) is 6.07 Å². The number of ether oxygens (including phenoxy) is 2. The molecule has 2 aromatic carbocycles. The first-order valence-corrected chi connectivity index (χ1v) is 11.8. The zero-order valence-electron chi connectivity index (χ0n) is 19.3. The molecule has 0 unspecified atom stereocenters. The number of rotatable bonds is 7. The Kier molecular flexibility index (Phi) is 7.39. The van der Waals surface area contributed by atoms with Crippen molar-refractivity contribution >= 4 is 34.5 Å². The molecule has 0 saturated heterocycles. The van der Waals surface area contributed by atoms with E-state index < -0.39 is 36.3 Å². The molecule has 36 heavy (non-hydrogen) atoms. The predicted molar refractivity (Wildman–Crippen MR) is 130 cm³/mol. The maximum Gasteiger partial charge on any atom is 0.418 e. The van der Waals surface area contributed by atoms with Gasteiger partial charge in [0.05, 0.1) is 35.2 Å². The van der Waals surface area contributed by atoms with Crippen molar-refractivity contribution in [3.8, 4) is 5.75 Å². The van der Waals surface area contributed by atoms with Crippen molar-refractivity contribution in [3.63, 3.8) is 0 Å². The molecule has 7 nitrogen and oxygen atoms in total. The maximum atomic E-state index is 13.3. The fourth-order valence-corrected chi connectivity index (χ4v) is 4.67. The largest absolute Gasteiger partial charge is 0.483 e. The number of thioether (sulfide) groups is 1. The second-order valence-electron chi connectivity index (χ2n) is 7.74. The normalized spacial score (nSPS) is 17.0. The van der Waals surface area contributed by atoms with E-state index in [1.807, 2.05) is 10.3 Å².